The minimum Gasteiger partial charge on any atom is -0.497 e. The number of methoxy groups -OCH3 is 1. The van der Waals surface area contributed by atoms with Crippen LogP contribution in [0.2, 0.25) is 0 Å². The van der Waals surface area contributed by atoms with Crippen LogP contribution in [0.5, 0.6) is 5.75 Å². The minimum atomic E-state index is -0.481. The van der Waals surface area contributed by atoms with Crippen molar-refractivity contribution in [2.45, 2.75) is 25.9 Å². The number of para-hydroxylation sites is 1. The zero-order valence-corrected chi connectivity index (χ0v) is 21.8. The van der Waals surface area contributed by atoms with Crippen molar-refractivity contribution in [2.75, 3.05) is 39.1 Å². The first kappa shape index (κ1) is 23.5. The third-order valence-electron chi connectivity index (χ3n) is 6.43. The number of nitrogens with one attached hydrogen (secondary N) is 1. The van der Waals surface area contributed by atoms with Crippen LogP contribution in [0, 0.1) is 0 Å². The number of rotatable bonds is 5. The molecular formula is C25H28BrN7O2. The van der Waals surface area contributed by atoms with E-state index >= 15 is 0 Å². The van der Waals surface area contributed by atoms with E-state index in [1.807, 2.05) is 54.3 Å². The van der Waals surface area contributed by atoms with Gasteiger partial charge in [-0.05, 0) is 73.2 Å². The third kappa shape index (κ3) is 4.43. The first-order chi connectivity index (χ1) is 16.9. The molecule has 2 aromatic heterocycles. The van der Waals surface area contributed by atoms with Crippen molar-refractivity contribution in [3.05, 3.63) is 46.9 Å². The molecular weight excluding hydrogens is 510 g/mol. The van der Waals surface area contributed by atoms with Gasteiger partial charge in [0.2, 0.25) is 11.9 Å². The van der Waals surface area contributed by atoms with E-state index in [1.54, 1.807) is 11.6 Å². The minimum absolute atomic E-state index is 0.0447. The smallest absolute Gasteiger partial charge is 0.245 e. The zero-order valence-electron chi connectivity index (χ0n) is 20.2. The molecule has 4 aromatic rings. The molecule has 35 heavy (non-hydrogen) atoms. The van der Waals surface area contributed by atoms with Crippen molar-refractivity contribution in [3.8, 4) is 17.1 Å². The molecule has 1 amide bonds. The van der Waals surface area contributed by atoms with Gasteiger partial charge < -0.3 is 19.9 Å². The van der Waals surface area contributed by atoms with Crippen molar-refractivity contribution in [1.29, 1.82) is 0 Å². The van der Waals surface area contributed by atoms with Gasteiger partial charge in [0.05, 0.1) is 12.6 Å². The summed E-state index contributed by atoms with van der Waals surface area (Å²) in [5.41, 5.74) is 2.28. The molecule has 5 rings (SSSR count). The van der Waals surface area contributed by atoms with Crippen LogP contribution in [-0.2, 0) is 4.79 Å². The van der Waals surface area contributed by atoms with E-state index in [9.17, 15) is 4.79 Å². The highest BCUT2D eigenvalue weighted by Crippen LogP contribution is 2.29. The molecule has 10 heteroatoms. The van der Waals surface area contributed by atoms with Crippen LogP contribution in [0.3, 0.4) is 0 Å². The average Bonchev–Trinajstić information content (AvgIpc) is 3.30. The van der Waals surface area contributed by atoms with Crippen LogP contribution in [0.25, 0.3) is 27.9 Å². The summed E-state index contributed by atoms with van der Waals surface area (Å²) < 4.78 is 7.81. The second-order valence-corrected chi connectivity index (χ2v) is 9.83. The lowest BCUT2D eigenvalue weighted by Crippen LogP contribution is -2.55. The fourth-order valence-corrected chi connectivity index (χ4v) is 4.98. The molecule has 1 fully saturated rings. The van der Waals surface area contributed by atoms with E-state index in [4.69, 9.17) is 19.8 Å². The number of benzene rings is 2. The quantitative estimate of drug-likeness (QED) is 0.415. The normalized spacial score (nSPS) is 17.6. The number of fused-ring (bicyclic) bond motifs is 3. The molecule has 0 aliphatic carbocycles. The standard InChI is InChI=1S/C25H28BrN7O2/c1-15-14-31(3)12-13-32(15)24(34)16(2)27-25-28-21-19(6-5-7-20(21)26)23-29-22(30-33(23)25)17-8-10-18(35-4)11-9-17/h5-11,15-16H,12-14H2,1-4H3,(H,27,28)/t15?,16-/m1/s1. The number of anilines is 1. The largest absolute Gasteiger partial charge is 0.497 e. The molecule has 3 heterocycles. The summed E-state index contributed by atoms with van der Waals surface area (Å²) in [7, 11) is 3.72. The molecule has 1 saturated heterocycles. The summed E-state index contributed by atoms with van der Waals surface area (Å²) in [6.45, 7) is 6.38. The molecule has 1 aliphatic rings. The maximum absolute atomic E-state index is 13.3. The maximum atomic E-state index is 13.3. The third-order valence-corrected chi connectivity index (χ3v) is 7.07. The Morgan fingerprint density at radius 3 is 2.66 bits per heavy atom. The Balaban J connectivity index is 1.55. The molecule has 0 radical (unpaired) electrons. The maximum Gasteiger partial charge on any atom is 0.245 e. The van der Waals surface area contributed by atoms with Gasteiger partial charge in [-0.15, -0.1) is 5.10 Å². The number of carbonyl (C=O) groups is 1. The summed E-state index contributed by atoms with van der Waals surface area (Å²) in [6, 6.07) is 13.1. The van der Waals surface area contributed by atoms with E-state index in [0.717, 1.165) is 39.8 Å². The van der Waals surface area contributed by atoms with Gasteiger partial charge in [0, 0.05) is 41.1 Å². The Morgan fingerprint density at radius 2 is 1.94 bits per heavy atom. The number of ether oxygens (including phenoxy) is 1. The van der Waals surface area contributed by atoms with E-state index in [-0.39, 0.29) is 11.9 Å². The molecule has 0 spiro atoms. The number of hydrogen-bond acceptors (Lipinski definition) is 7. The number of likely N-dealkylation sites (N-methyl/N-ethyl adjacent to an activating group) is 1. The second kappa shape index (κ2) is 9.43. The number of hydrogen-bond donors (Lipinski definition) is 1. The number of aromatic nitrogens is 4. The second-order valence-electron chi connectivity index (χ2n) is 8.98. The zero-order chi connectivity index (χ0) is 24.7. The van der Waals surface area contributed by atoms with Crippen LogP contribution in [0.1, 0.15) is 13.8 Å². The molecule has 9 nitrogen and oxygen atoms in total. The molecule has 1 unspecified atom stereocenters. The number of amides is 1. The lowest BCUT2D eigenvalue weighted by atomic mass is 10.1. The van der Waals surface area contributed by atoms with E-state index in [1.165, 1.54) is 0 Å². The number of piperazine rings is 1. The van der Waals surface area contributed by atoms with E-state index in [0.29, 0.717) is 24.0 Å². The van der Waals surface area contributed by atoms with Crippen molar-refractivity contribution in [3.63, 3.8) is 0 Å². The Labute approximate surface area is 212 Å². The van der Waals surface area contributed by atoms with Gasteiger partial charge in [0.1, 0.15) is 11.8 Å². The van der Waals surface area contributed by atoms with E-state index in [2.05, 4.69) is 40.1 Å². The lowest BCUT2D eigenvalue weighted by Gasteiger charge is -2.39. The van der Waals surface area contributed by atoms with Gasteiger partial charge in [-0.25, -0.2) is 9.97 Å². The van der Waals surface area contributed by atoms with Gasteiger partial charge in [0.25, 0.3) is 0 Å². The molecule has 2 aromatic carbocycles. The van der Waals surface area contributed by atoms with Crippen LogP contribution in [-0.4, -0.2) is 81.2 Å². The monoisotopic (exact) mass is 537 g/mol. The number of nitrogens with zero attached hydrogens (tertiary/aromatic N) is 6. The predicted octanol–water partition coefficient (Wildman–Crippen LogP) is 3.68. The predicted molar refractivity (Wildman–Crippen MR) is 140 cm³/mol. The first-order valence-corrected chi connectivity index (χ1v) is 12.4. The highest BCUT2D eigenvalue weighted by atomic mass is 79.9. The van der Waals surface area contributed by atoms with Crippen molar-refractivity contribution >= 4 is 44.3 Å². The molecule has 182 valence electrons. The lowest BCUT2D eigenvalue weighted by molar-refractivity contribution is -0.135. The Morgan fingerprint density at radius 1 is 1.17 bits per heavy atom. The van der Waals surface area contributed by atoms with Crippen molar-refractivity contribution < 1.29 is 9.53 Å². The van der Waals surface area contributed by atoms with Crippen molar-refractivity contribution in [1.82, 2.24) is 29.4 Å². The Kier molecular flexibility index (Phi) is 6.33. The van der Waals surface area contributed by atoms with Crippen LogP contribution in [0.15, 0.2) is 46.9 Å². The highest BCUT2D eigenvalue weighted by molar-refractivity contribution is 9.10. The number of carbonyl (C=O) groups excluding carboxylic acids is 1. The molecule has 0 saturated carbocycles. The molecule has 1 aliphatic heterocycles. The first-order valence-electron chi connectivity index (χ1n) is 11.6. The number of halogens is 1. The highest BCUT2D eigenvalue weighted by Gasteiger charge is 2.29. The fourth-order valence-electron chi connectivity index (χ4n) is 4.52. The van der Waals surface area contributed by atoms with Gasteiger partial charge in [-0.3, -0.25) is 4.79 Å². The van der Waals surface area contributed by atoms with Crippen LogP contribution in [0.4, 0.5) is 5.95 Å². The molecule has 1 N–H and O–H groups in total. The Hall–Kier alpha value is -3.24. The Bertz CT molecular complexity index is 1390. The summed E-state index contributed by atoms with van der Waals surface area (Å²) in [5, 5.41) is 8.95. The molecule has 2 atom stereocenters. The van der Waals surface area contributed by atoms with Crippen LogP contribution >= 0.6 is 15.9 Å². The summed E-state index contributed by atoms with van der Waals surface area (Å²) >= 11 is 3.61. The van der Waals surface area contributed by atoms with Crippen molar-refractivity contribution in [2.24, 2.45) is 0 Å². The summed E-state index contributed by atoms with van der Waals surface area (Å²) in [4.78, 5) is 27.2. The van der Waals surface area contributed by atoms with E-state index < -0.39 is 6.04 Å². The van der Waals surface area contributed by atoms with Gasteiger partial charge >= 0.3 is 0 Å². The topological polar surface area (TPSA) is 87.9 Å². The van der Waals surface area contributed by atoms with Gasteiger partial charge in [0.15, 0.2) is 11.5 Å². The fraction of sp³-hybridized carbons (Fsp3) is 0.360. The summed E-state index contributed by atoms with van der Waals surface area (Å²) in [6.07, 6.45) is 0. The summed E-state index contributed by atoms with van der Waals surface area (Å²) in [5.74, 6) is 1.84. The SMILES string of the molecule is COc1ccc(-c2nc3c4cccc(Br)c4nc(N[C@H](C)C(=O)N4CCN(C)CC4C)n3n2)cc1. The van der Waals surface area contributed by atoms with Gasteiger partial charge in [-0.1, -0.05) is 6.07 Å². The average molecular weight is 538 g/mol. The van der Waals surface area contributed by atoms with Crippen LogP contribution < -0.4 is 10.1 Å². The van der Waals surface area contributed by atoms with Gasteiger partial charge in [-0.2, -0.15) is 4.52 Å². The molecule has 0 bridgehead atoms.